The van der Waals surface area contributed by atoms with Crippen molar-refractivity contribution in [3.63, 3.8) is 0 Å². The van der Waals surface area contributed by atoms with Gasteiger partial charge in [-0.15, -0.1) is 0 Å². The molecule has 0 saturated carbocycles. The van der Waals surface area contributed by atoms with Crippen LogP contribution >= 0.6 is 0 Å². The molecular weight excluding hydrogens is 286 g/mol. The van der Waals surface area contributed by atoms with Crippen molar-refractivity contribution in [1.29, 1.82) is 0 Å². The number of hydrogen-bond donors (Lipinski definition) is 0. The minimum atomic E-state index is -0.0552. The average Bonchev–Trinajstić information content (AvgIpc) is 2.83. The predicted octanol–water partition coefficient (Wildman–Crippen LogP) is 3.58. The summed E-state index contributed by atoms with van der Waals surface area (Å²) < 4.78 is 5.16. The first-order valence-electron chi connectivity index (χ1n) is 8.47. The molecule has 2 bridgehead atoms. The van der Waals surface area contributed by atoms with Gasteiger partial charge in [-0.2, -0.15) is 0 Å². The van der Waals surface area contributed by atoms with Gasteiger partial charge in [0.05, 0.1) is 13.0 Å². The van der Waals surface area contributed by atoms with Crippen LogP contribution in [0.4, 0.5) is 0 Å². The summed E-state index contributed by atoms with van der Waals surface area (Å²) in [5, 5.41) is 2.50. The summed E-state index contributed by atoms with van der Waals surface area (Å²) in [7, 11) is 3.68. The Labute approximate surface area is 137 Å². The minimum Gasteiger partial charge on any atom is -0.469 e. The SMILES string of the molecule is COC(=O)C1[C@@H](c2ccc3ccccc3c2)CC2CC[C@H]1N2C. The maximum absolute atomic E-state index is 12.5. The van der Waals surface area contributed by atoms with Gasteiger partial charge >= 0.3 is 5.97 Å². The van der Waals surface area contributed by atoms with Crippen molar-refractivity contribution in [3.05, 3.63) is 48.0 Å². The molecule has 2 aliphatic rings. The Morgan fingerprint density at radius 2 is 1.91 bits per heavy atom. The number of ether oxygens (including phenoxy) is 1. The van der Waals surface area contributed by atoms with Gasteiger partial charge < -0.3 is 4.74 Å². The summed E-state index contributed by atoms with van der Waals surface area (Å²) in [5.41, 5.74) is 1.28. The summed E-state index contributed by atoms with van der Waals surface area (Å²) in [6.07, 6.45) is 3.34. The van der Waals surface area contributed by atoms with Gasteiger partial charge in [-0.1, -0.05) is 42.5 Å². The van der Waals surface area contributed by atoms with Crippen LogP contribution in [0.3, 0.4) is 0 Å². The van der Waals surface area contributed by atoms with Crippen molar-refractivity contribution in [3.8, 4) is 0 Å². The monoisotopic (exact) mass is 309 g/mol. The Hall–Kier alpha value is -1.87. The lowest BCUT2D eigenvalue weighted by atomic mass is 9.76. The second-order valence-corrected chi connectivity index (χ2v) is 6.96. The quantitative estimate of drug-likeness (QED) is 0.794. The molecule has 0 aliphatic carbocycles. The topological polar surface area (TPSA) is 29.5 Å². The normalized spacial score (nSPS) is 30.5. The molecule has 2 saturated heterocycles. The van der Waals surface area contributed by atoms with E-state index in [1.165, 1.54) is 29.9 Å². The van der Waals surface area contributed by atoms with Crippen LogP contribution in [-0.2, 0) is 9.53 Å². The number of esters is 1. The van der Waals surface area contributed by atoms with Crippen LogP contribution in [0, 0.1) is 5.92 Å². The van der Waals surface area contributed by atoms with E-state index in [4.69, 9.17) is 4.74 Å². The minimum absolute atomic E-state index is 0.0510. The van der Waals surface area contributed by atoms with Crippen molar-refractivity contribution in [1.82, 2.24) is 4.90 Å². The van der Waals surface area contributed by atoms with E-state index in [2.05, 4.69) is 54.4 Å². The summed E-state index contributed by atoms with van der Waals surface area (Å²) in [6.45, 7) is 0. The van der Waals surface area contributed by atoms with E-state index >= 15 is 0 Å². The highest BCUT2D eigenvalue weighted by molar-refractivity contribution is 5.83. The first-order chi connectivity index (χ1) is 11.2. The molecule has 120 valence electrons. The van der Waals surface area contributed by atoms with E-state index in [0.29, 0.717) is 12.1 Å². The van der Waals surface area contributed by atoms with E-state index in [-0.39, 0.29) is 17.8 Å². The molecule has 2 aromatic rings. The van der Waals surface area contributed by atoms with Crippen LogP contribution < -0.4 is 0 Å². The van der Waals surface area contributed by atoms with Crippen LogP contribution in [0.1, 0.15) is 30.7 Å². The Morgan fingerprint density at radius 1 is 1.13 bits per heavy atom. The summed E-state index contributed by atoms with van der Waals surface area (Å²) in [6, 6.07) is 16.0. The third-order valence-corrected chi connectivity index (χ3v) is 5.94. The fraction of sp³-hybridized carbons (Fsp3) is 0.450. The third kappa shape index (κ3) is 2.34. The lowest BCUT2D eigenvalue weighted by Gasteiger charge is -2.41. The Kier molecular flexibility index (Phi) is 3.61. The number of carbonyl (C=O) groups is 1. The largest absolute Gasteiger partial charge is 0.469 e. The number of carbonyl (C=O) groups excluding carboxylic acids is 1. The zero-order valence-electron chi connectivity index (χ0n) is 13.7. The van der Waals surface area contributed by atoms with E-state index in [0.717, 1.165) is 12.8 Å². The number of fused-ring (bicyclic) bond motifs is 3. The highest BCUT2D eigenvalue weighted by Gasteiger charge is 2.49. The lowest BCUT2D eigenvalue weighted by Crippen LogP contribution is -2.49. The number of methoxy groups -OCH3 is 1. The lowest BCUT2D eigenvalue weighted by molar-refractivity contribution is -0.150. The van der Waals surface area contributed by atoms with Crippen molar-refractivity contribution >= 4 is 16.7 Å². The van der Waals surface area contributed by atoms with Crippen LogP contribution in [-0.4, -0.2) is 37.1 Å². The summed E-state index contributed by atoms with van der Waals surface area (Å²) >= 11 is 0. The predicted molar refractivity (Wildman–Crippen MR) is 91.4 cm³/mol. The fourth-order valence-electron chi connectivity index (χ4n) is 4.71. The molecule has 0 N–H and O–H groups in total. The number of hydrogen-bond acceptors (Lipinski definition) is 3. The Bertz CT molecular complexity index is 741. The molecule has 0 spiro atoms. The second kappa shape index (κ2) is 5.64. The second-order valence-electron chi connectivity index (χ2n) is 6.96. The molecule has 2 unspecified atom stereocenters. The highest BCUT2D eigenvalue weighted by Crippen LogP contribution is 2.46. The Morgan fingerprint density at radius 3 is 2.70 bits per heavy atom. The first kappa shape index (κ1) is 14.7. The van der Waals surface area contributed by atoms with Gasteiger partial charge in [0.1, 0.15) is 0 Å². The van der Waals surface area contributed by atoms with E-state index in [9.17, 15) is 4.79 Å². The van der Waals surface area contributed by atoms with Crippen molar-refractivity contribution < 1.29 is 9.53 Å². The average molecular weight is 309 g/mol. The van der Waals surface area contributed by atoms with Crippen LogP contribution in [0.5, 0.6) is 0 Å². The van der Waals surface area contributed by atoms with Crippen LogP contribution in [0.2, 0.25) is 0 Å². The molecule has 2 aromatic carbocycles. The Balaban J connectivity index is 1.76. The number of rotatable bonds is 2. The third-order valence-electron chi connectivity index (χ3n) is 5.94. The molecule has 3 nitrogen and oxygen atoms in total. The first-order valence-corrected chi connectivity index (χ1v) is 8.47. The van der Waals surface area contributed by atoms with Crippen LogP contribution in [0.15, 0.2) is 42.5 Å². The van der Waals surface area contributed by atoms with Gasteiger partial charge in [-0.05, 0) is 42.6 Å². The molecule has 3 heteroatoms. The summed E-state index contributed by atoms with van der Waals surface area (Å²) in [4.78, 5) is 14.9. The van der Waals surface area contributed by atoms with E-state index < -0.39 is 0 Å². The van der Waals surface area contributed by atoms with E-state index in [1.807, 2.05) is 0 Å². The maximum Gasteiger partial charge on any atom is 0.310 e. The summed E-state index contributed by atoms with van der Waals surface area (Å²) in [5.74, 6) is 0.158. The molecule has 2 heterocycles. The van der Waals surface area contributed by atoms with Gasteiger partial charge in [-0.3, -0.25) is 9.69 Å². The molecule has 0 aromatic heterocycles. The number of nitrogens with zero attached hydrogens (tertiary/aromatic N) is 1. The molecule has 23 heavy (non-hydrogen) atoms. The van der Waals surface area contributed by atoms with Crippen LogP contribution in [0.25, 0.3) is 10.8 Å². The zero-order chi connectivity index (χ0) is 16.0. The molecule has 0 amide bonds. The van der Waals surface area contributed by atoms with Crippen molar-refractivity contribution in [2.45, 2.75) is 37.3 Å². The molecular formula is C20H23NO2. The molecule has 4 rings (SSSR count). The highest BCUT2D eigenvalue weighted by atomic mass is 16.5. The molecule has 4 atom stereocenters. The van der Waals surface area contributed by atoms with Gasteiger partial charge in [0.15, 0.2) is 0 Å². The van der Waals surface area contributed by atoms with Gasteiger partial charge in [0.2, 0.25) is 0 Å². The van der Waals surface area contributed by atoms with Gasteiger partial charge in [0.25, 0.3) is 0 Å². The van der Waals surface area contributed by atoms with Gasteiger partial charge in [0, 0.05) is 18.0 Å². The molecule has 2 aliphatic heterocycles. The van der Waals surface area contributed by atoms with E-state index in [1.54, 1.807) is 0 Å². The van der Waals surface area contributed by atoms with Crippen molar-refractivity contribution in [2.24, 2.45) is 5.92 Å². The molecule has 2 fully saturated rings. The van der Waals surface area contributed by atoms with Crippen molar-refractivity contribution in [2.75, 3.05) is 14.2 Å². The smallest absolute Gasteiger partial charge is 0.310 e. The number of benzene rings is 2. The number of piperidine rings is 1. The molecule has 0 radical (unpaired) electrons. The zero-order valence-corrected chi connectivity index (χ0v) is 13.7. The van der Waals surface area contributed by atoms with Gasteiger partial charge in [-0.25, -0.2) is 0 Å². The standard InChI is InChI=1S/C20H23NO2/c1-21-16-9-10-18(21)19(20(22)23-2)17(12-16)15-8-7-13-5-3-4-6-14(13)11-15/h3-8,11,16-19H,9-10,12H2,1-2H3/t16?,17-,18-,19?/m1/s1. The fourth-order valence-corrected chi connectivity index (χ4v) is 4.71. The maximum atomic E-state index is 12.5.